The summed E-state index contributed by atoms with van der Waals surface area (Å²) in [6.45, 7) is 0. The van der Waals surface area contributed by atoms with Crippen LogP contribution in [0, 0.1) is 5.92 Å². The number of halogens is 5. The van der Waals surface area contributed by atoms with Crippen LogP contribution in [0.4, 0.5) is 22.0 Å². The zero-order valence-corrected chi connectivity index (χ0v) is 11.8. The van der Waals surface area contributed by atoms with Crippen LogP contribution < -0.4 is 5.73 Å². The van der Waals surface area contributed by atoms with Gasteiger partial charge in [0.1, 0.15) is 0 Å². The van der Waals surface area contributed by atoms with Crippen molar-refractivity contribution in [3.63, 3.8) is 0 Å². The second-order valence-electron chi connectivity index (χ2n) is 5.01. The number of carbonyl (C=O) groups is 1. The van der Waals surface area contributed by atoms with Crippen LogP contribution in [0.2, 0.25) is 0 Å². The molecular formula is C10H14F5NO5S. The van der Waals surface area contributed by atoms with Crippen LogP contribution in [0.3, 0.4) is 0 Å². The van der Waals surface area contributed by atoms with Crippen LogP contribution in [-0.4, -0.2) is 42.5 Å². The maximum atomic E-state index is 13.2. The Morgan fingerprint density at radius 1 is 1.14 bits per heavy atom. The summed E-state index contributed by atoms with van der Waals surface area (Å²) < 4.78 is 97.0. The Balaban J connectivity index is 2.94. The van der Waals surface area contributed by atoms with E-state index in [9.17, 15) is 35.2 Å². The quantitative estimate of drug-likeness (QED) is 0.449. The predicted octanol–water partition coefficient (Wildman–Crippen LogP) is 1.46. The minimum absolute atomic E-state index is 0.0437. The third kappa shape index (κ3) is 4.26. The zero-order chi connectivity index (χ0) is 17.3. The molecule has 1 unspecified atom stereocenters. The molecule has 0 bridgehead atoms. The van der Waals surface area contributed by atoms with Gasteiger partial charge in [-0.2, -0.15) is 30.4 Å². The topological polar surface area (TPSA) is 107 Å². The average molecular weight is 355 g/mol. The molecule has 0 spiro atoms. The molecule has 0 heterocycles. The van der Waals surface area contributed by atoms with Crippen molar-refractivity contribution in [1.29, 1.82) is 0 Å². The van der Waals surface area contributed by atoms with E-state index in [4.69, 9.17) is 10.3 Å². The van der Waals surface area contributed by atoms with Gasteiger partial charge in [-0.3, -0.25) is 9.35 Å². The molecule has 1 atom stereocenters. The second kappa shape index (κ2) is 6.24. The van der Waals surface area contributed by atoms with Gasteiger partial charge >= 0.3 is 27.5 Å². The van der Waals surface area contributed by atoms with Crippen LogP contribution in [0.5, 0.6) is 0 Å². The third-order valence-corrected chi connectivity index (χ3v) is 4.19. The molecule has 0 amide bonds. The third-order valence-electron chi connectivity index (χ3n) is 3.29. The fraction of sp³-hybridized carbons (Fsp3) is 0.900. The van der Waals surface area contributed by atoms with Crippen LogP contribution in [0.1, 0.15) is 25.7 Å². The largest absolute Gasteiger partial charge is 0.444 e. The molecule has 0 saturated heterocycles. The Hall–Kier alpha value is -1.01. The molecule has 1 aliphatic carbocycles. The highest BCUT2D eigenvalue weighted by molar-refractivity contribution is 7.86. The number of esters is 1. The molecule has 0 radical (unpaired) electrons. The van der Waals surface area contributed by atoms with Crippen molar-refractivity contribution < 1.29 is 44.5 Å². The van der Waals surface area contributed by atoms with Gasteiger partial charge in [-0.15, -0.1) is 0 Å². The molecule has 0 aliphatic heterocycles. The van der Waals surface area contributed by atoms with Gasteiger partial charge in [0, 0.05) is 6.04 Å². The number of hydrogen-bond donors (Lipinski definition) is 2. The molecule has 1 aliphatic rings. The SMILES string of the molecule is NC1CCC(C(=O)OC(C(F)(F)F)C(F)(F)S(=O)(=O)O)CC1. The Labute approximate surface area is 122 Å². The summed E-state index contributed by atoms with van der Waals surface area (Å²) in [5.74, 6) is -2.68. The first-order valence-electron chi connectivity index (χ1n) is 6.14. The highest BCUT2D eigenvalue weighted by Crippen LogP contribution is 2.39. The number of alkyl halides is 5. The Kier molecular flexibility index (Phi) is 5.40. The minimum atomic E-state index is -6.42. The lowest BCUT2D eigenvalue weighted by Gasteiger charge is -2.29. The van der Waals surface area contributed by atoms with Crippen molar-refractivity contribution in [2.75, 3.05) is 0 Å². The number of nitrogens with two attached hydrogens (primary N) is 1. The summed E-state index contributed by atoms with van der Waals surface area (Å²) >= 11 is 0. The van der Waals surface area contributed by atoms with Crippen molar-refractivity contribution in [2.45, 2.75) is 49.3 Å². The average Bonchev–Trinajstić information content (AvgIpc) is 2.33. The van der Waals surface area contributed by atoms with Crippen molar-refractivity contribution in [2.24, 2.45) is 11.7 Å². The maximum Gasteiger partial charge on any atom is 0.432 e. The fourth-order valence-electron chi connectivity index (χ4n) is 2.03. The molecule has 130 valence electrons. The number of rotatable bonds is 4. The van der Waals surface area contributed by atoms with Crippen LogP contribution in [0.25, 0.3) is 0 Å². The standard InChI is InChI=1S/C10H14F5NO5S/c11-9(12,13)8(10(14,15)22(18,19)20)21-7(17)5-1-3-6(16)4-2-5/h5-6,8H,1-4,16H2,(H,18,19,20). The molecule has 0 aromatic carbocycles. The molecule has 0 aromatic heterocycles. The van der Waals surface area contributed by atoms with Crippen molar-refractivity contribution in [3.8, 4) is 0 Å². The van der Waals surface area contributed by atoms with E-state index in [0.29, 0.717) is 12.8 Å². The summed E-state index contributed by atoms with van der Waals surface area (Å²) in [5.41, 5.74) is 5.53. The molecule has 1 rings (SSSR count). The van der Waals surface area contributed by atoms with Gasteiger partial charge in [0.2, 0.25) is 0 Å². The van der Waals surface area contributed by atoms with Gasteiger partial charge in [0.05, 0.1) is 5.92 Å². The van der Waals surface area contributed by atoms with E-state index in [1.165, 1.54) is 0 Å². The van der Waals surface area contributed by atoms with Crippen LogP contribution >= 0.6 is 0 Å². The fourth-order valence-corrected chi connectivity index (χ4v) is 2.48. The lowest BCUT2D eigenvalue weighted by Crippen LogP contribution is -2.52. The lowest BCUT2D eigenvalue weighted by atomic mass is 9.86. The highest BCUT2D eigenvalue weighted by atomic mass is 32.2. The van der Waals surface area contributed by atoms with E-state index in [1.807, 2.05) is 0 Å². The monoisotopic (exact) mass is 355 g/mol. The van der Waals surface area contributed by atoms with Gasteiger partial charge in [0.25, 0.3) is 6.10 Å². The Morgan fingerprint density at radius 2 is 1.59 bits per heavy atom. The molecule has 6 nitrogen and oxygen atoms in total. The van der Waals surface area contributed by atoms with E-state index in [-0.39, 0.29) is 18.9 Å². The van der Waals surface area contributed by atoms with Crippen LogP contribution in [-0.2, 0) is 19.6 Å². The maximum absolute atomic E-state index is 13.2. The number of ether oxygens (including phenoxy) is 1. The first-order chi connectivity index (χ1) is 9.76. The number of hydrogen-bond acceptors (Lipinski definition) is 5. The van der Waals surface area contributed by atoms with Crippen molar-refractivity contribution >= 4 is 16.1 Å². The van der Waals surface area contributed by atoms with E-state index < -0.39 is 39.5 Å². The first-order valence-corrected chi connectivity index (χ1v) is 7.58. The minimum Gasteiger partial charge on any atom is -0.444 e. The predicted molar refractivity (Wildman–Crippen MR) is 62.4 cm³/mol. The summed E-state index contributed by atoms with van der Waals surface area (Å²) in [4.78, 5) is 11.6. The van der Waals surface area contributed by atoms with Gasteiger partial charge in [-0.05, 0) is 25.7 Å². The molecule has 0 aromatic rings. The summed E-state index contributed by atoms with van der Waals surface area (Å²) in [6, 6.07) is -0.248. The molecule has 1 saturated carbocycles. The molecule has 22 heavy (non-hydrogen) atoms. The lowest BCUT2D eigenvalue weighted by molar-refractivity contribution is -0.261. The van der Waals surface area contributed by atoms with E-state index in [0.717, 1.165) is 0 Å². The molecule has 1 fully saturated rings. The van der Waals surface area contributed by atoms with Crippen molar-refractivity contribution in [3.05, 3.63) is 0 Å². The molecule has 3 N–H and O–H groups in total. The van der Waals surface area contributed by atoms with E-state index in [2.05, 4.69) is 4.74 Å². The number of carbonyl (C=O) groups excluding carboxylic acids is 1. The Morgan fingerprint density at radius 3 is 1.95 bits per heavy atom. The van der Waals surface area contributed by atoms with Crippen LogP contribution in [0.15, 0.2) is 0 Å². The van der Waals surface area contributed by atoms with Gasteiger partial charge in [-0.25, -0.2) is 0 Å². The highest BCUT2D eigenvalue weighted by Gasteiger charge is 2.66. The van der Waals surface area contributed by atoms with Gasteiger partial charge in [0.15, 0.2) is 0 Å². The Bertz CT molecular complexity index is 512. The van der Waals surface area contributed by atoms with Gasteiger partial charge in [-0.1, -0.05) is 0 Å². The van der Waals surface area contributed by atoms with Gasteiger partial charge < -0.3 is 10.5 Å². The van der Waals surface area contributed by atoms with E-state index in [1.54, 1.807) is 0 Å². The molecular weight excluding hydrogens is 341 g/mol. The smallest absolute Gasteiger partial charge is 0.432 e. The zero-order valence-electron chi connectivity index (χ0n) is 11.0. The second-order valence-corrected chi connectivity index (χ2v) is 6.50. The first kappa shape index (κ1) is 19.0. The van der Waals surface area contributed by atoms with E-state index >= 15 is 0 Å². The summed E-state index contributed by atoms with van der Waals surface area (Å²) in [5, 5.41) is -5.70. The van der Waals surface area contributed by atoms with Crippen molar-refractivity contribution in [1.82, 2.24) is 0 Å². The summed E-state index contributed by atoms with van der Waals surface area (Å²) in [6.07, 6.45) is -9.47. The molecule has 12 heteroatoms. The normalized spacial score (nSPS) is 25.6. The summed E-state index contributed by atoms with van der Waals surface area (Å²) in [7, 11) is -6.42.